The lowest BCUT2D eigenvalue weighted by molar-refractivity contribution is -0.385. The van der Waals surface area contributed by atoms with Crippen molar-refractivity contribution in [2.75, 3.05) is 6.61 Å². The summed E-state index contributed by atoms with van der Waals surface area (Å²) in [4.78, 5) is 22.1. The van der Waals surface area contributed by atoms with E-state index in [1.165, 1.54) is 42.5 Å². The van der Waals surface area contributed by atoms with Crippen LogP contribution >= 0.6 is 15.9 Å². The quantitative estimate of drug-likeness (QED) is 0.466. The van der Waals surface area contributed by atoms with Gasteiger partial charge in [-0.15, -0.1) is 0 Å². The molecule has 0 saturated carbocycles. The zero-order valence-corrected chi connectivity index (χ0v) is 12.2. The minimum Gasteiger partial charge on any atom is -0.484 e. The summed E-state index contributed by atoms with van der Waals surface area (Å²) in [7, 11) is 0. The summed E-state index contributed by atoms with van der Waals surface area (Å²) in [6.07, 6.45) is 0. The molecule has 2 rings (SSSR count). The molecular formula is C14H9BrFNO4. The highest BCUT2D eigenvalue weighted by Gasteiger charge is 2.17. The van der Waals surface area contributed by atoms with Crippen LogP contribution in [-0.2, 0) is 0 Å². The Balaban J connectivity index is 2.10. The number of Topliss-reactive ketones (excluding diaryl/α,β-unsaturated/α-hetero) is 1. The Kier molecular flexibility index (Phi) is 4.64. The number of ketones is 1. The van der Waals surface area contributed by atoms with Crippen LogP contribution in [0, 0.1) is 15.9 Å². The van der Waals surface area contributed by atoms with Crippen molar-refractivity contribution < 1.29 is 18.8 Å². The number of carbonyl (C=O) groups is 1. The van der Waals surface area contributed by atoms with E-state index < -0.39 is 10.7 Å². The van der Waals surface area contributed by atoms with E-state index in [1.807, 2.05) is 0 Å². The number of benzene rings is 2. The van der Waals surface area contributed by atoms with Crippen molar-refractivity contribution in [3.63, 3.8) is 0 Å². The fourth-order valence-corrected chi connectivity index (χ4v) is 2.14. The largest absolute Gasteiger partial charge is 0.484 e. The van der Waals surface area contributed by atoms with Crippen molar-refractivity contribution >= 4 is 27.4 Å². The van der Waals surface area contributed by atoms with Crippen LogP contribution < -0.4 is 4.74 Å². The second kappa shape index (κ2) is 6.45. The first-order valence-corrected chi connectivity index (χ1v) is 6.63. The molecule has 0 aliphatic heterocycles. The number of nitrogens with zero attached hydrogens (tertiary/aromatic N) is 1. The van der Waals surface area contributed by atoms with E-state index in [1.54, 1.807) is 0 Å². The Morgan fingerprint density at radius 1 is 1.24 bits per heavy atom. The van der Waals surface area contributed by atoms with Gasteiger partial charge in [0.05, 0.1) is 4.92 Å². The predicted octanol–water partition coefficient (Wildman–Crippen LogP) is 3.76. The Labute approximate surface area is 127 Å². The highest BCUT2D eigenvalue weighted by molar-refractivity contribution is 9.10. The van der Waals surface area contributed by atoms with Gasteiger partial charge in [0, 0.05) is 11.6 Å². The summed E-state index contributed by atoms with van der Waals surface area (Å²) >= 11 is 3.07. The molecule has 0 bridgehead atoms. The van der Waals surface area contributed by atoms with Crippen molar-refractivity contribution in [3.8, 4) is 5.75 Å². The number of nitro groups is 1. The molecule has 7 heteroatoms. The molecule has 0 aliphatic carbocycles. The Bertz CT molecular complexity index is 688. The zero-order valence-electron chi connectivity index (χ0n) is 10.6. The number of hydrogen-bond acceptors (Lipinski definition) is 4. The molecule has 0 amide bonds. The van der Waals surface area contributed by atoms with Crippen molar-refractivity contribution in [2.24, 2.45) is 0 Å². The van der Waals surface area contributed by atoms with Gasteiger partial charge in [0.25, 0.3) is 5.69 Å². The Morgan fingerprint density at radius 3 is 2.52 bits per heavy atom. The summed E-state index contributed by atoms with van der Waals surface area (Å²) in [5.41, 5.74) is 0.152. The third-order valence-electron chi connectivity index (χ3n) is 2.66. The van der Waals surface area contributed by atoms with E-state index in [2.05, 4.69) is 15.9 Å². The average molecular weight is 354 g/mol. The predicted molar refractivity (Wildman–Crippen MR) is 77.0 cm³/mol. The van der Waals surface area contributed by atoms with E-state index in [0.29, 0.717) is 5.56 Å². The van der Waals surface area contributed by atoms with Crippen LogP contribution in [0.25, 0.3) is 0 Å². The third kappa shape index (κ3) is 3.63. The number of rotatable bonds is 5. The number of nitro benzene ring substituents is 1. The van der Waals surface area contributed by atoms with Gasteiger partial charge in [-0.3, -0.25) is 14.9 Å². The molecule has 0 radical (unpaired) electrons. The fourth-order valence-electron chi connectivity index (χ4n) is 1.61. The highest BCUT2D eigenvalue weighted by Crippen LogP contribution is 2.33. The second-order valence-electron chi connectivity index (χ2n) is 4.07. The van der Waals surface area contributed by atoms with Crippen molar-refractivity contribution in [1.29, 1.82) is 0 Å². The van der Waals surface area contributed by atoms with Gasteiger partial charge in [-0.2, -0.15) is 0 Å². The summed E-state index contributed by atoms with van der Waals surface area (Å²) in [6, 6.07) is 9.34. The molecule has 0 atom stereocenters. The van der Waals surface area contributed by atoms with Gasteiger partial charge in [-0.25, -0.2) is 4.39 Å². The molecule has 0 N–H and O–H groups in total. The maximum atomic E-state index is 12.8. The van der Waals surface area contributed by atoms with E-state index in [9.17, 15) is 19.3 Å². The summed E-state index contributed by atoms with van der Waals surface area (Å²) in [6.45, 7) is -0.300. The third-order valence-corrected chi connectivity index (χ3v) is 3.46. The molecule has 0 unspecified atom stereocenters. The normalized spacial score (nSPS) is 10.2. The van der Waals surface area contributed by atoms with Crippen LogP contribution in [0.2, 0.25) is 0 Å². The molecule has 0 aromatic heterocycles. The van der Waals surface area contributed by atoms with E-state index in [4.69, 9.17) is 4.74 Å². The molecule has 0 heterocycles. The molecule has 0 fully saturated rings. The van der Waals surface area contributed by atoms with E-state index in [-0.39, 0.29) is 28.3 Å². The smallest absolute Gasteiger partial charge is 0.287 e. The molecule has 5 nitrogen and oxygen atoms in total. The van der Waals surface area contributed by atoms with Crippen molar-refractivity contribution in [3.05, 3.63) is 68.4 Å². The van der Waals surface area contributed by atoms with Crippen LogP contribution in [0.5, 0.6) is 5.75 Å². The monoisotopic (exact) mass is 353 g/mol. The summed E-state index contributed by atoms with van der Waals surface area (Å²) in [5.74, 6) is -0.595. The van der Waals surface area contributed by atoms with Crippen molar-refractivity contribution in [1.82, 2.24) is 0 Å². The maximum absolute atomic E-state index is 12.8. The summed E-state index contributed by atoms with van der Waals surface area (Å²) in [5, 5.41) is 10.8. The van der Waals surface area contributed by atoms with Gasteiger partial charge in [0.15, 0.2) is 12.4 Å². The van der Waals surface area contributed by atoms with E-state index in [0.717, 1.165) is 0 Å². The van der Waals surface area contributed by atoms with Gasteiger partial charge >= 0.3 is 0 Å². The zero-order chi connectivity index (χ0) is 15.4. The molecule has 2 aromatic rings. The van der Waals surface area contributed by atoms with Gasteiger partial charge in [-0.1, -0.05) is 6.07 Å². The lowest BCUT2D eigenvalue weighted by Crippen LogP contribution is -2.12. The van der Waals surface area contributed by atoms with Crippen molar-refractivity contribution in [2.45, 2.75) is 0 Å². The van der Waals surface area contributed by atoms with Gasteiger partial charge in [0.1, 0.15) is 16.0 Å². The highest BCUT2D eigenvalue weighted by atomic mass is 79.9. The Morgan fingerprint density at radius 2 is 1.90 bits per heavy atom. The topological polar surface area (TPSA) is 69.4 Å². The first kappa shape index (κ1) is 15.1. The maximum Gasteiger partial charge on any atom is 0.287 e. The van der Waals surface area contributed by atoms with Gasteiger partial charge in [0.2, 0.25) is 0 Å². The SMILES string of the molecule is O=C(COc1cccc([N+](=O)[O-])c1Br)c1ccc(F)cc1. The van der Waals surface area contributed by atoms with Crippen LogP contribution in [-0.4, -0.2) is 17.3 Å². The van der Waals surface area contributed by atoms with Gasteiger partial charge in [-0.05, 0) is 46.3 Å². The number of carbonyl (C=O) groups excluding carboxylic acids is 1. The molecule has 0 aliphatic rings. The standard InChI is InChI=1S/C14H9BrFNO4/c15-14-11(17(19)20)2-1-3-13(14)21-8-12(18)9-4-6-10(16)7-5-9/h1-7H,8H2. The lowest BCUT2D eigenvalue weighted by Gasteiger charge is -2.07. The molecule has 2 aromatic carbocycles. The molecular weight excluding hydrogens is 345 g/mol. The average Bonchev–Trinajstić information content (AvgIpc) is 2.46. The first-order chi connectivity index (χ1) is 9.99. The van der Waals surface area contributed by atoms with Crippen LogP contribution in [0.3, 0.4) is 0 Å². The first-order valence-electron chi connectivity index (χ1n) is 5.83. The van der Waals surface area contributed by atoms with Crippen LogP contribution in [0.1, 0.15) is 10.4 Å². The van der Waals surface area contributed by atoms with E-state index >= 15 is 0 Å². The molecule has 21 heavy (non-hydrogen) atoms. The summed E-state index contributed by atoms with van der Waals surface area (Å²) < 4.78 is 18.2. The Hall–Kier alpha value is -2.28. The number of hydrogen-bond donors (Lipinski definition) is 0. The molecule has 0 saturated heterocycles. The van der Waals surface area contributed by atoms with Crippen LogP contribution in [0.15, 0.2) is 46.9 Å². The molecule has 0 spiro atoms. The minimum atomic E-state index is -0.557. The van der Waals surface area contributed by atoms with Crippen LogP contribution in [0.4, 0.5) is 10.1 Å². The second-order valence-corrected chi connectivity index (χ2v) is 4.86. The minimum absolute atomic E-state index is 0.151. The number of ether oxygens (including phenoxy) is 1. The lowest BCUT2D eigenvalue weighted by atomic mass is 10.1. The fraction of sp³-hybridized carbons (Fsp3) is 0.0714. The number of halogens is 2. The van der Waals surface area contributed by atoms with Gasteiger partial charge < -0.3 is 4.74 Å². The molecule has 108 valence electrons.